The van der Waals surface area contributed by atoms with Crippen LogP contribution in [0.2, 0.25) is 0 Å². The van der Waals surface area contributed by atoms with Crippen molar-refractivity contribution < 1.29 is 9.59 Å². The van der Waals surface area contributed by atoms with Crippen LogP contribution in [0.1, 0.15) is 41.3 Å². The van der Waals surface area contributed by atoms with Gasteiger partial charge < -0.3 is 4.79 Å². The lowest BCUT2D eigenvalue weighted by atomic mass is 9.97. The van der Waals surface area contributed by atoms with Crippen molar-refractivity contribution in [1.29, 1.82) is 0 Å². The summed E-state index contributed by atoms with van der Waals surface area (Å²) in [6, 6.07) is 5.69. The van der Waals surface area contributed by atoms with E-state index in [-0.39, 0.29) is 11.6 Å². The van der Waals surface area contributed by atoms with E-state index in [1.165, 1.54) is 6.92 Å². The topological polar surface area (TPSA) is 34.1 Å². The molecular formula is C13H16O2. The number of ketones is 2. The lowest BCUT2D eigenvalue weighted by Gasteiger charge is -2.06. The average molecular weight is 204 g/mol. The predicted molar refractivity (Wildman–Crippen MR) is 60.2 cm³/mol. The minimum absolute atomic E-state index is 0.0615. The summed E-state index contributed by atoms with van der Waals surface area (Å²) in [6.45, 7) is 5.43. The summed E-state index contributed by atoms with van der Waals surface area (Å²) in [7, 11) is 0. The fourth-order valence-corrected chi connectivity index (χ4v) is 1.48. The number of rotatable bonds is 4. The number of hydrogen-bond donors (Lipinski definition) is 0. The Bertz CT molecular complexity index is 392. The number of carbonyl (C=O) groups excluding carboxylic acids is 2. The molecule has 0 aliphatic heterocycles. The first-order valence-corrected chi connectivity index (χ1v) is 5.11. The van der Waals surface area contributed by atoms with E-state index in [0.717, 1.165) is 16.7 Å². The molecule has 0 heterocycles. The number of benzene rings is 1. The van der Waals surface area contributed by atoms with Crippen LogP contribution in [0.5, 0.6) is 0 Å². The zero-order chi connectivity index (χ0) is 11.4. The van der Waals surface area contributed by atoms with Gasteiger partial charge in [0, 0.05) is 18.4 Å². The monoisotopic (exact) mass is 204 g/mol. The average Bonchev–Trinajstić information content (AvgIpc) is 2.18. The van der Waals surface area contributed by atoms with Gasteiger partial charge >= 0.3 is 0 Å². The van der Waals surface area contributed by atoms with Gasteiger partial charge in [-0.25, -0.2) is 0 Å². The molecule has 1 aromatic rings. The molecule has 0 aliphatic rings. The Labute approximate surface area is 90.3 Å². The predicted octanol–water partition coefficient (Wildman–Crippen LogP) is 2.86. The molecule has 0 aliphatic carbocycles. The molecule has 0 aromatic heterocycles. The molecule has 80 valence electrons. The molecule has 0 amide bonds. The van der Waals surface area contributed by atoms with Crippen LogP contribution in [-0.2, 0) is 4.79 Å². The van der Waals surface area contributed by atoms with Gasteiger partial charge in [-0.15, -0.1) is 0 Å². The Balaban J connectivity index is 2.82. The van der Waals surface area contributed by atoms with Gasteiger partial charge in [-0.05, 0) is 31.9 Å². The molecule has 1 aromatic carbocycles. The van der Waals surface area contributed by atoms with E-state index in [4.69, 9.17) is 0 Å². The van der Waals surface area contributed by atoms with Crippen molar-refractivity contribution in [2.75, 3.05) is 0 Å². The molecule has 0 radical (unpaired) electrons. The van der Waals surface area contributed by atoms with E-state index in [1.54, 1.807) is 0 Å². The summed E-state index contributed by atoms with van der Waals surface area (Å²) < 4.78 is 0. The molecular weight excluding hydrogens is 188 g/mol. The SMILES string of the molecule is CC(=O)CCC(=O)c1cccc(C)c1C. The molecule has 0 fully saturated rings. The van der Waals surface area contributed by atoms with Gasteiger partial charge in [0.25, 0.3) is 0 Å². The summed E-state index contributed by atoms with van der Waals surface area (Å²) in [6.07, 6.45) is 0.659. The Kier molecular flexibility index (Phi) is 3.78. The lowest BCUT2D eigenvalue weighted by molar-refractivity contribution is -0.116. The first kappa shape index (κ1) is 11.6. The quantitative estimate of drug-likeness (QED) is 0.707. The fourth-order valence-electron chi connectivity index (χ4n) is 1.48. The summed E-state index contributed by atoms with van der Waals surface area (Å²) in [5.41, 5.74) is 2.88. The van der Waals surface area contributed by atoms with Crippen LogP contribution in [0, 0.1) is 13.8 Å². The standard InChI is InChI=1S/C13H16O2/c1-9-5-4-6-12(11(9)3)13(15)8-7-10(2)14/h4-6H,7-8H2,1-3H3. The van der Waals surface area contributed by atoms with Crippen LogP contribution in [0.25, 0.3) is 0 Å². The zero-order valence-electron chi connectivity index (χ0n) is 9.46. The summed E-state index contributed by atoms with van der Waals surface area (Å²) in [4.78, 5) is 22.5. The Morgan fingerprint density at radius 1 is 1.13 bits per heavy atom. The van der Waals surface area contributed by atoms with Crippen molar-refractivity contribution in [2.45, 2.75) is 33.6 Å². The minimum Gasteiger partial charge on any atom is -0.300 e. The molecule has 15 heavy (non-hydrogen) atoms. The van der Waals surface area contributed by atoms with Crippen molar-refractivity contribution >= 4 is 11.6 Å². The van der Waals surface area contributed by atoms with Crippen molar-refractivity contribution in [3.63, 3.8) is 0 Å². The largest absolute Gasteiger partial charge is 0.300 e. The van der Waals surface area contributed by atoms with Crippen molar-refractivity contribution in [2.24, 2.45) is 0 Å². The van der Waals surface area contributed by atoms with Gasteiger partial charge in [-0.2, -0.15) is 0 Å². The number of aryl methyl sites for hydroxylation is 1. The van der Waals surface area contributed by atoms with Crippen molar-refractivity contribution in [1.82, 2.24) is 0 Å². The minimum atomic E-state index is 0.0615. The molecule has 0 saturated heterocycles. The molecule has 2 nitrogen and oxygen atoms in total. The van der Waals surface area contributed by atoms with Crippen molar-refractivity contribution in [3.05, 3.63) is 34.9 Å². The molecule has 0 bridgehead atoms. The summed E-state index contributed by atoms with van der Waals surface area (Å²) in [5, 5.41) is 0. The van der Waals surface area contributed by atoms with Crippen molar-refractivity contribution in [3.8, 4) is 0 Å². The van der Waals surface area contributed by atoms with Crippen LogP contribution in [-0.4, -0.2) is 11.6 Å². The first-order chi connectivity index (χ1) is 7.02. The van der Waals surface area contributed by atoms with E-state index in [2.05, 4.69) is 0 Å². The highest BCUT2D eigenvalue weighted by molar-refractivity contribution is 5.99. The maximum atomic E-state index is 11.8. The smallest absolute Gasteiger partial charge is 0.163 e. The van der Waals surface area contributed by atoms with Gasteiger partial charge in [-0.1, -0.05) is 18.2 Å². The second-order valence-corrected chi connectivity index (χ2v) is 3.87. The van der Waals surface area contributed by atoms with E-state index in [0.29, 0.717) is 12.8 Å². The maximum Gasteiger partial charge on any atom is 0.163 e. The van der Waals surface area contributed by atoms with Gasteiger partial charge in [0.2, 0.25) is 0 Å². The molecule has 0 N–H and O–H groups in total. The fraction of sp³-hybridized carbons (Fsp3) is 0.385. The molecule has 0 spiro atoms. The normalized spacial score (nSPS) is 10.1. The highest BCUT2D eigenvalue weighted by Gasteiger charge is 2.10. The third-order valence-corrected chi connectivity index (χ3v) is 2.61. The first-order valence-electron chi connectivity index (χ1n) is 5.11. The second-order valence-electron chi connectivity index (χ2n) is 3.87. The van der Waals surface area contributed by atoms with Gasteiger partial charge in [-0.3, -0.25) is 4.79 Å². The Hall–Kier alpha value is -1.44. The van der Waals surface area contributed by atoms with Gasteiger partial charge in [0.05, 0.1) is 0 Å². The van der Waals surface area contributed by atoms with E-state index < -0.39 is 0 Å². The van der Waals surface area contributed by atoms with Crippen LogP contribution < -0.4 is 0 Å². The number of carbonyl (C=O) groups is 2. The second kappa shape index (κ2) is 4.87. The lowest BCUT2D eigenvalue weighted by Crippen LogP contribution is -2.05. The van der Waals surface area contributed by atoms with Crippen LogP contribution in [0.4, 0.5) is 0 Å². The van der Waals surface area contributed by atoms with E-state index in [9.17, 15) is 9.59 Å². The molecule has 0 unspecified atom stereocenters. The van der Waals surface area contributed by atoms with Crippen LogP contribution in [0.15, 0.2) is 18.2 Å². The maximum absolute atomic E-state index is 11.8. The van der Waals surface area contributed by atoms with Crippen LogP contribution in [0.3, 0.4) is 0 Å². The summed E-state index contributed by atoms with van der Waals surface area (Å²) in [5.74, 6) is 0.125. The summed E-state index contributed by atoms with van der Waals surface area (Å²) >= 11 is 0. The molecule has 0 atom stereocenters. The van der Waals surface area contributed by atoms with Crippen LogP contribution >= 0.6 is 0 Å². The highest BCUT2D eigenvalue weighted by atomic mass is 16.1. The van der Waals surface area contributed by atoms with E-state index >= 15 is 0 Å². The molecule has 0 saturated carbocycles. The number of hydrogen-bond acceptors (Lipinski definition) is 2. The number of Topliss-reactive ketones (excluding diaryl/α,β-unsaturated/α-hetero) is 2. The third-order valence-electron chi connectivity index (χ3n) is 2.61. The highest BCUT2D eigenvalue weighted by Crippen LogP contribution is 2.15. The van der Waals surface area contributed by atoms with E-state index in [1.807, 2.05) is 32.0 Å². The van der Waals surface area contributed by atoms with Gasteiger partial charge in [0.15, 0.2) is 5.78 Å². The third kappa shape index (κ3) is 3.01. The Morgan fingerprint density at radius 3 is 2.40 bits per heavy atom. The Morgan fingerprint density at radius 2 is 1.80 bits per heavy atom. The zero-order valence-corrected chi connectivity index (χ0v) is 9.46. The molecule has 1 rings (SSSR count). The van der Waals surface area contributed by atoms with Gasteiger partial charge in [0.1, 0.15) is 5.78 Å². The molecule has 2 heteroatoms.